The van der Waals surface area contributed by atoms with Crippen LogP contribution in [0.3, 0.4) is 0 Å². The molecule has 0 unspecified atom stereocenters. The van der Waals surface area contributed by atoms with Crippen LogP contribution in [0.4, 0.5) is 0 Å². The topological polar surface area (TPSA) is 43.6 Å². The van der Waals surface area contributed by atoms with E-state index < -0.39 is 0 Å². The molecule has 0 bridgehead atoms. The van der Waals surface area contributed by atoms with Gasteiger partial charge in [-0.25, -0.2) is 4.68 Å². The Morgan fingerprint density at radius 2 is 1.82 bits per heavy atom. The molecule has 22 heavy (non-hydrogen) atoms. The zero-order valence-corrected chi connectivity index (χ0v) is 13.3. The lowest BCUT2D eigenvalue weighted by molar-refractivity contribution is 0.781. The molecule has 0 aliphatic heterocycles. The highest BCUT2D eigenvalue weighted by atomic mass is 35.5. The van der Waals surface area contributed by atoms with E-state index in [2.05, 4.69) is 15.3 Å². The molecular formula is C16H11ClN4S. The van der Waals surface area contributed by atoms with Crippen LogP contribution in [0.25, 0.3) is 33.5 Å². The summed E-state index contributed by atoms with van der Waals surface area (Å²) < 4.78 is 1.72. The monoisotopic (exact) mass is 326 g/mol. The van der Waals surface area contributed by atoms with Gasteiger partial charge in [-0.1, -0.05) is 41.9 Å². The lowest BCUT2D eigenvalue weighted by atomic mass is 10.1. The van der Waals surface area contributed by atoms with E-state index in [0.29, 0.717) is 16.4 Å². The van der Waals surface area contributed by atoms with E-state index in [-0.39, 0.29) is 0 Å². The summed E-state index contributed by atoms with van der Waals surface area (Å²) in [6.07, 6.45) is 0. The van der Waals surface area contributed by atoms with E-state index in [4.69, 9.17) is 11.6 Å². The molecule has 4 aromatic rings. The third-order valence-electron chi connectivity index (χ3n) is 3.53. The number of aryl methyl sites for hydroxylation is 1. The highest BCUT2D eigenvalue weighted by Gasteiger charge is 2.19. The second-order valence-corrected chi connectivity index (χ2v) is 6.07. The summed E-state index contributed by atoms with van der Waals surface area (Å²) in [4.78, 5) is 0. The Labute approximate surface area is 136 Å². The first-order valence-corrected chi connectivity index (χ1v) is 8.04. The normalized spacial score (nSPS) is 11.2. The van der Waals surface area contributed by atoms with Crippen molar-refractivity contribution < 1.29 is 0 Å². The maximum absolute atomic E-state index is 6.65. The molecule has 0 saturated carbocycles. The van der Waals surface area contributed by atoms with Gasteiger partial charge in [0.1, 0.15) is 11.4 Å². The minimum atomic E-state index is 0.593. The summed E-state index contributed by atoms with van der Waals surface area (Å²) >= 11 is 8.26. The van der Waals surface area contributed by atoms with Crippen molar-refractivity contribution >= 4 is 34.0 Å². The molecule has 3 heterocycles. The quantitative estimate of drug-likeness (QED) is 0.548. The summed E-state index contributed by atoms with van der Waals surface area (Å²) in [5.74, 6) is 0. The van der Waals surface area contributed by atoms with Gasteiger partial charge in [-0.15, -0.1) is 10.2 Å². The molecule has 4 rings (SSSR count). The zero-order chi connectivity index (χ0) is 15.1. The Morgan fingerprint density at radius 3 is 2.55 bits per heavy atom. The van der Waals surface area contributed by atoms with Crippen LogP contribution in [0.1, 0.15) is 0 Å². The van der Waals surface area contributed by atoms with Crippen molar-refractivity contribution in [3.63, 3.8) is 0 Å². The molecule has 0 N–H and O–H groups in total. The summed E-state index contributed by atoms with van der Waals surface area (Å²) in [7, 11) is 1.85. The number of rotatable bonds is 2. The van der Waals surface area contributed by atoms with E-state index in [9.17, 15) is 0 Å². The van der Waals surface area contributed by atoms with Gasteiger partial charge in [0.15, 0.2) is 5.65 Å². The lowest BCUT2D eigenvalue weighted by Crippen LogP contribution is -1.95. The van der Waals surface area contributed by atoms with Crippen molar-refractivity contribution in [2.24, 2.45) is 7.05 Å². The average Bonchev–Trinajstić information content (AvgIpc) is 3.17. The van der Waals surface area contributed by atoms with Gasteiger partial charge in [0.2, 0.25) is 0 Å². The van der Waals surface area contributed by atoms with E-state index in [1.807, 2.05) is 54.2 Å². The van der Waals surface area contributed by atoms with Gasteiger partial charge < -0.3 is 0 Å². The maximum Gasteiger partial charge on any atom is 0.182 e. The molecule has 0 radical (unpaired) electrons. The van der Waals surface area contributed by atoms with Crippen LogP contribution < -0.4 is 0 Å². The fourth-order valence-corrected chi connectivity index (χ4v) is 3.43. The standard InChI is InChI=1S/C16H11ClN4S/c1-21-16-12(14(20-21)10-5-3-2-4-6-10)13(17)15(18-19-16)11-7-8-22-9-11/h2-9H,1H3. The first-order chi connectivity index (χ1) is 10.8. The van der Waals surface area contributed by atoms with Crippen LogP contribution in [-0.4, -0.2) is 20.0 Å². The summed E-state index contributed by atoms with van der Waals surface area (Å²) in [6.45, 7) is 0. The molecule has 3 aromatic heterocycles. The summed E-state index contributed by atoms with van der Waals surface area (Å²) in [6, 6.07) is 12.0. The van der Waals surface area contributed by atoms with Crippen molar-refractivity contribution in [3.8, 4) is 22.5 Å². The Kier molecular flexibility index (Phi) is 3.17. The minimum absolute atomic E-state index is 0.593. The number of halogens is 1. The van der Waals surface area contributed by atoms with Crippen molar-refractivity contribution in [1.82, 2.24) is 20.0 Å². The van der Waals surface area contributed by atoms with Crippen molar-refractivity contribution in [2.45, 2.75) is 0 Å². The Morgan fingerprint density at radius 1 is 1.00 bits per heavy atom. The highest BCUT2D eigenvalue weighted by Crippen LogP contribution is 2.37. The predicted octanol–water partition coefficient (Wildman–Crippen LogP) is 4.41. The molecular weight excluding hydrogens is 316 g/mol. The number of fused-ring (bicyclic) bond motifs is 1. The Bertz CT molecular complexity index is 945. The molecule has 0 aliphatic carbocycles. The van der Waals surface area contributed by atoms with E-state index in [1.54, 1.807) is 16.0 Å². The molecule has 0 amide bonds. The Hall–Kier alpha value is -2.24. The van der Waals surface area contributed by atoms with Gasteiger partial charge in [-0.2, -0.15) is 16.4 Å². The molecule has 6 heteroatoms. The van der Waals surface area contributed by atoms with E-state index >= 15 is 0 Å². The molecule has 0 atom stereocenters. The van der Waals surface area contributed by atoms with Crippen molar-refractivity contribution in [3.05, 3.63) is 52.2 Å². The first kappa shape index (κ1) is 13.4. The molecule has 4 nitrogen and oxygen atoms in total. The SMILES string of the molecule is Cn1nc(-c2ccccc2)c2c(Cl)c(-c3ccsc3)nnc21. The minimum Gasteiger partial charge on any atom is -0.248 e. The van der Waals surface area contributed by atoms with E-state index in [0.717, 1.165) is 22.2 Å². The van der Waals surface area contributed by atoms with Gasteiger partial charge in [0.25, 0.3) is 0 Å². The lowest BCUT2D eigenvalue weighted by Gasteiger charge is -2.03. The van der Waals surface area contributed by atoms with Crippen LogP contribution in [0, 0.1) is 0 Å². The predicted molar refractivity (Wildman–Crippen MR) is 90.1 cm³/mol. The summed E-state index contributed by atoms with van der Waals surface area (Å²) in [5.41, 5.74) is 4.20. The number of hydrogen-bond acceptors (Lipinski definition) is 4. The third kappa shape index (κ3) is 2.01. The fraction of sp³-hybridized carbons (Fsp3) is 0.0625. The average molecular weight is 327 g/mol. The molecule has 0 fully saturated rings. The van der Waals surface area contributed by atoms with Crippen LogP contribution >= 0.6 is 22.9 Å². The second kappa shape index (κ2) is 5.19. The Balaban J connectivity index is 2.05. The van der Waals surface area contributed by atoms with Crippen LogP contribution in [0.15, 0.2) is 47.2 Å². The third-order valence-corrected chi connectivity index (χ3v) is 4.58. The number of thiophene rings is 1. The maximum atomic E-state index is 6.65. The smallest absolute Gasteiger partial charge is 0.182 e. The molecule has 0 spiro atoms. The van der Waals surface area contributed by atoms with Gasteiger partial charge in [0.05, 0.1) is 10.4 Å². The largest absolute Gasteiger partial charge is 0.248 e. The van der Waals surface area contributed by atoms with Gasteiger partial charge in [0, 0.05) is 23.6 Å². The highest BCUT2D eigenvalue weighted by molar-refractivity contribution is 7.08. The van der Waals surface area contributed by atoms with Crippen LogP contribution in [-0.2, 0) is 7.05 Å². The molecule has 108 valence electrons. The number of benzene rings is 1. The van der Waals surface area contributed by atoms with Crippen LogP contribution in [0.5, 0.6) is 0 Å². The second-order valence-electron chi connectivity index (χ2n) is 4.91. The molecule has 1 aromatic carbocycles. The summed E-state index contributed by atoms with van der Waals surface area (Å²) in [5, 5.41) is 18.6. The fourth-order valence-electron chi connectivity index (χ4n) is 2.47. The molecule has 0 saturated heterocycles. The number of hydrogen-bond donors (Lipinski definition) is 0. The number of aromatic nitrogens is 4. The van der Waals surface area contributed by atoms with Crippen LogP contribution in [0.2, 0.25) is 5.02 Å². The number of nitrogens with zero attached hydrogens (tertiary/aromatic N) is 4. The van der Waals surface area contributed by atoms with Gasteiger partial charge in [-0.05, 0) is 11.4 Å². The van der Waals surface area contributed by atoms with Crippen molar-refractivity contribution in [2.75, 3.05) is 0 Å². The first-order valence-electron chi connectivity index (χ1n) is 6.72. The zero-order valence-electron chi connectivity index (χ0n) is 11.7. The van der Waals surface area contributed by atoms with Gasteiger partial charge in [-0.3, -0.25) is 0 Å². The van der Waals surface area contributed by atoms with Gasteiger partial charge >= 0.3 is 0 Å². The van der Waals surface area contributed by atoms with Crippen molar-refractivity contribution in [1.29, 1.82) is 0 Å². The van der Waals surface area contributed by atoms with E-state index in [1.165, 1.54) is 0 Å². The molecule has 0 aliphatic rings.